The van der Waals surface area contributed by atoms with E-state index < -0.39 is 9.84 Å². The molecule has 2 aromatic rings. The van der Waals surface area contributed by atoms with Crippen LogP contribution in [0.2, 0.25) is 0 Å². The Balaban J connectivity index is 1.73. The van der Waals surface area contributed by atoms with Crippen LogP contribution in [0.5, 0.6) is 0 Å². The van der Waals surface area contributed by atoms with Gasteiger partial charge < -0.3 is 4.57 Å². The van der Waals surface area contributed by atoms with Gasteiger partial charge in [0, 0.05) is 29.3 Å². The maximum atomic E-state index is 11.2. The van der Waals surface area contributed by atoms with Crippen LogP contribution in [0.1, 0.15) is 29.6 Å². The molecule has 0 radical (unpaired) electrons. The molecular weight excluding hydrogens is 326 g/mol. The van der Waals surface area contributed by atoms with Crippen LogP contribution in [-0.4, -0.2) is 40.9 Å². The highest BCUT2D eigenvalue weighted by Gasteiger charge is 2.29. The zero-order valence-corrected chi connectivity index (χ0v) is 14.2. The molecule has 0 spiro atoms. The first-order valence-electron chi connectivity index (χ1n) is 6.79. The van der Waals surface area contributed by atoms with Gasteiger partial charge in [0.2, 0.25) is 0 Å². The van der Waals surface area contributed by atoms with Crippen molar-refractivity contribution in [2.75, 3.05) is 17.8 Å². The van der Waals surface area contributed by atoms with Gasteiger partial charge in [0.05, 0.1) is 5.75 Å². The molecule has 0 bridgehead atoms. The molecule has 2 aromatic heterocycles. The van der Waals surface area contributed by atoms with E-state index in [1.54, 1.807) is 11.3 Å². The van der Waals surface area contributed by atoms with Crippen molar-refractivity contribution in [3.8, 4) is 0 Å². The summed E-state index contributed by atoms with van der Waals surface area (Å²) in [5.41, 5.74) is 0. The predicted molar refractivity (Wildman–Crippen MR) is 85.9 cm³/mol. The second-order valence-electron chi connectivity index (χ2n) is 5.23. The number of hydrogen-bond acceptors (Lipinski definition) is 6. The summed E-state index contributed by atoms with van der Waals surface area (Å²) in [5.74, 6) is 1.69. The summed E-state index contributed by atoms with van der Waals surface area (Å²) in [6.07, 6.45) is 4.39. The lowest BCUT2D eigenvalue weighted by atomic mass is 10.3. The van der Waals surface area contributed by atoms with Crippen LogP contribution in [-0.2, 0) is 16.3 Å². The molecule has 0 aliphatic heterocycles. The highest BCUT2D eigenvalue weighted by atomic mass is 32.2. The molecule has 0 saturated heterocycles. The maximum absolute atomic E-state index is 11.2. The van der Waals surface area contributed by atoms with E-state index in [1.807, 2.05) is 6.07 Å². The van der Waals surface area contributed by atoms with Crippen molar-refractivity contribution in [2.24, 2.45) is 0 Å². The summed E-state index contributed by atoms with van der Waals surface area (Å²) < 4.78 is 24.6. The normalized spacial score (nSPS) is 15.5. The number of rotatable bonds is 7. The Morgan fingerprint density at radius 1 is 1.43 bits per heavy atom. The van der Waals surface area contributed by atoms with Crippen LogP contribution in [0.3, 0.4) is 0 Å². The summed E-state index contributed by atoms with van der Waals surface area (Å²) in [6.45, 7) is 0. The summed E-state index contributed by atoms with van der Waals surface area (Å²) in [5, 5.41) is 11.5. The molecule has 0 atom stereocenters. The molecular formula is C13H17N3O2S3. The van der Waals surface area contributed by atoms with Gasteiger partial charge in [-0.1, -0.05) is 17.8 Å². The number of thiophene rings is 1. The molecule has 114 valence electrons. The van der Waals surface area contributed by atoms with Gasteiger partial charge in [-0.25, -0.2) is 8.42 Å². The van der Waals surface area contributed by atoms with Gasteiger partial charge in [0.15, 0.2) is 5.16 Å². The van der Waals surface area contributed by atoms with Crippen LogP contribution in [0, 0.1) is 0 Å². The Bertz CT molecular complexity index is 703. The van der Waals surface area contributed by atoms with Crippen LogP contribution in [0.15, 0.2) is 22.7 Å². The average Bonchev–Trinajstić information content (AvgIpc) is 2.95. The number of thioether (sulfide) groups is 1. The molecule has 1 aliphatic rings. The standard InChI is InChI=1S/C13H17N3O2S3/c1-21(17,18)8-7-20-13-15-14-12(16(13)10-4-5-10)9-11-3-2-6-19-11/h2-3,6,10H,4-5,7-9H2,1H3. The molecule has 1 saturated carbocycles. The lowest BCUT2D eigenvalue weighted by Gasteiger charge is -2.07. The monoisotopic (exact) mass is 343 g/mol. The first kappa shape index (κ1) is 15.1. The van der Waals surface area contributed by atoms with Gasteiger partial charge in [-0.3, -0.25) is 0 Å². The molecule has 8 heteroatoms. The zero-order chi connectivity index (χ0) is 14.9. The summed E-state index contributed by atoms with van der Waals surface area (Å²) in [4.78, 5) is 1.27. The van der Waals surface area contributed by atoms with Crippen molar-refractivity contribution in [3.63, 3.8) is 0 Å². The third kappa shape index (κ3) is 4.08. The lowest BCUT2D eigenvalue weighted by molar-refractivity contribution is 0.603. The zero-order valence-electron chi connectivity index (χ0n) is 11.7. The van der Waals surface area contributed by atoms with E-state index in [2.05, 4.69) is 26.2 Å². The van der Waals surface area contributed by atoms with Crippen LogP contribution >= 0.6 is 23.1 Å². The Kier molecular flexibility index (Phi) is 4.37. The quantitative estimate of drug-likeness (QED) is 0.722. The van der Waals surface area contributed by atoms with Gasteiger partial charge in [0.1, 0.15) is 15.7 Å². The smallest absolute Gasteiger partial charge is 0.191 e. The van der Waals surface area contributed by atoms with Crippen molar-refractivity contribution in [1.82, 2.24) is 14.8 Å². The fraction of sp³-hybridized carbons (Fsp3) is 0.538. The third-order valence-corrected chi connectivity index (χ3v) is 6.27. The van der Waals surface area contributed by atoms with Crippen LogP contribution in [0.4, 0.5) is 0 Å². The van der Waals surface area contributed by atoms with Gasteiger partial charge in [-0.05, 0) is 24.3 Å². The molecule has 21 heavy (non-hydrogen) atoms. The van der Waals surface area contributed by atoms with E-state index >= 15 is 0 Å². The first-order chi connectivity index (χ1) is 10.0. The van der Waals surface area contributed by atoms with Crippen molar-refractivity contribution in [2.45, 2.75) is 30.5 Å². The van der Waals surface area contributed by atoms with Crippen molar-refractivity contribution in [1.29, 1.82) is 0 Å². The molecule has 0 N–H and O–H groups in total. The Hall–Kier alpha value is -0.860. The highest BCUT2D eigenvalue weighted by molar-refractivity contribution is 8.00. The van der Waals surface area contributed by atoms with E-state index in [9.17, 15) is 8.42 Å². The number of nitrogens with zero attached hydrogens (tertiary/aromatic N) is 3. The van der Waals surface area contributed by atoms with Gasteiger partial charge in [-0.15, -0.1) is 21.5 Å². The molecule has 0 amide bonds. The van der Waals surface area contributed by atoms with Crippen molar-refractivity contribution < 1.29 is 8.42 Å². The third-order valence-electron chi connectivity index (χ3n) is 3.24. The highest BCUT2D eigenvalue weighted by Crippen LogP contribution is 2.39. The van der Waals surface area contributed by atoms with E-state index in [4.69, 9.17) is 0 Å². The van der Waals surface area contributed by atoms with E-state index in [-0.39, 0.29) is 5.75 Å². The van der Waals surface area contributed by atoms with Crippen molar-refractivity contribution >= 4 is 32.9 Å². The second kappa shape index (κ2) is 6.10. The fourth-order valence-corrected chi connectivity index (χ4v) is 5.00. The van der Waals surface area contributed by atoms with E-state index in [0.29, 0.717) is 11.8 Å². The molecule has 1 fully saturated rings. The Morgan fingerprint density at radius 2 is 2.24 bits per heavy atom. The first-order valence-corrected chi connectivity index (χ1v) is 10.7. The average molecular weight is 343 g/mol. The topological polar surface area (TPSA) is 64.8 Å². The molecule has 1 aliphatic carbocycles. The maximum Gasteiger partial charge on any atom is 0.191 e. The minimum Gasteiger partial charge on any atom is -0.303 e. The lowest BCUT2D eigenvalue weighted by Crippen LogP contribution is -2.07. The SMILES string of the molecule is CS(=O)(=O)CCSc1nnc(Cc2cccs2)n1C1CC1. The molecule has 5 nitrogen and oxygen atoms in total. The van der Waals surface area contributed by atoms with Crippen molar-refractivity contribution in [3.05, 3.63) is 28.2 Å². The minimum absolute atomic E-state index is 0.176. The summed E-state index contributed by atoms with van der Waals surface area (Å²) in [6, 6.07) is 4.64. The molecule has 0 aromatic carbocycles. The summed E-state index contributed by atoms with van der Waals surface area (Å²) in [7, 11) is -2.92. The summed E-state index contributed by atoms with van der Waals surface area (Å²) >= 11 is 3.21. The molecule has 2 heterocycles. The molecule has 0 unspecified atom stereocenters. The second-order valence-corrected chi connectivity index (χ2v) is 9.59. The Morgan fingerprint density at radius 3 is 2.86 bits per heavy atom. The van der Waals surface area contributed by atoms with Crippen LogP contribution in [0.25, 0.3) is 0 Å². The van der Waals surface area contributed by atoms with Crippen LogP contribution < -0.4 is 0 Å². The van der Waals surface area contributed by atoms with E-state index in [1.165, 1.54) is 22.9 Å². The van der Waals surface area contributed by atoms with E-state index in [0.717, 1.165) is 30.2 Å². The fourth-order valence-electron chi connectivity index (χ4n) is 2.08. The number of aromatic nitrogens is 3. The number of hydrogen-bond donors (Lipinski definition) is 0. The Labute approximate surface area is 132 Å². The van der Waals surface area contributed by atoms with Gasteiger partial charge in [-0.2, -0.15) is 0 Å². The molecule has 3 rings (SSSR count). The predicted octanol–water partition coefficient (Wildman–Crippen LogP) is 2.40. The minimum atomic E-state index is -2.92. The van der Waals surface area contributed by atoms with Gasteiger partial charge in [0.25, 0.3) is 0 Å². The number of sulfone groups is 1. The van der Waals surface area contributed by atoms with Gasteiger partial charge >= 0.3 is 0 Å². The largest absolute Gasteiger partial charge is 0.303 e.